The summed E-state index contributed by atoms with van der Waals surface area (Å²) in [5.74, 6) is 1.67. The van der Waals surface area contributed by atoms with E-state index in [1.165, 1.54) is 0 Å². The number of anilines is 1. The van der Waals surface area contributed by atoms with Gasteiger partial charge in [-0.05, 0) is 24.3 Å². The third kappa shape index (κ3) is 1.98. The third-order valence-electron chi connectivity index (χ3n) is 4.24. The van der Waals surface area contributed by atoms with Crippen LogP contribution >= 0.6 is 0 Å². The van der Waals surface area contributed by atoms with Gasteiger partial charge in [-0.25, -0.2) is 14.6 Å². The smallest absolute Gasteiger partial charge is 0.223 e. The van der Waals surface area contributed by atoms with Gasteiger partial charge in [0.1, 0.15) is 18.1 Å². The van der Waals surface area contributed by atoms with E-state index in [1.54, 1.807) is 17.1 Å². The summed E-state index contributed by atoms with van der Waals surface area (Å²) in [6.45, 7) is 1.35. The van der Waals surface area contributed by atoms with Crippen LogP contribution in [0.3, 0.4) is 0 Å². The summed E-state index contributed by atoms with van der Waals surface area (Å²) >= 11 is 0. The molecule has 5 heterocycles. The van der Waals surface area contributed by atoms with E-state index in [1.807, 2.05) is 35.4 Å². The molecule has 118 valence electrons. The Balaban J connectivity index is 1.48. The van der Waals surface area contributed by atoms with Crippen LogP contribution in [0.25, 0.3) is 16.9 Å². The molecule has 0 atom stereocenters. The Kier molecular flexibility index (Phi) is 2.70. The monoisotopic (exact) mass is 319 g/mol. The predicted molar refractivity (Wildman–Crippen MR) is 86.1 cm³/mol. The molecule has 2 aliphatic rings. The lowest BCUT2D eigenvalue weighted by Crippen LogP contribution is -2.47. The van der Waals surface area contributed by atoms with Crippen molar-refractivity contribution in [1.82, 2.24) is 19.7 Å². The largest absolute Gasteiger partial charge is 0.472 e. The number of ketones is 1. The van der Waals surface area contributed by atoms with Gasteiger partial charge in [-0.2, -0.15) is 5.10 Å². The number of nitrogens with zero attached hydrogens (tertiary/aromatic N) is 5. The van der Waals surface area contributed by atoms with E-state index in [2.05, 4.69) is 15.1 Å². The highest BCUT2D eigenvalue weighted by Gasteiger charge is 2.25. The molecule has 0 amide bonds. The van der Waals surface area contributed by atoms with Crippen molar-refractivity contribution in [1.29, 1.82) is 0 Å². The third-order valence-corrected chi connectivity index (χ3v) is 4.24. The minimum Gasteiger partial charge on any atom is -0.472 e. The lowest BCUT2D eigenvalue weighted by molar-refractivity contribution is -0.119. The fraction of sp³-hybridized carbons (Fsp3) is 0.176. The zero-order chi connectivity index (χ0) is 16.1. The summed E-state index contributed by atoms with van der Waals surface area (Å²) in [7, 11) is 0. The maximum absolute atomic E-state index is 11.1. The first kappa shape index (κ1) is 13.2. The molecule has 0 unspecified atom stereocenters. The summed E-state index contributed by atoms with van der Waals surface area (Å²) in [5.41, 5.74) is 3.68. The molecule has 0 bridgehead atoms. The fourth-order valence-electron chi connectivity index (χ4n) is 2.95. The van der Waals surface area contributed by atoms with Gasteiger partial charge < -0.3 is 9.64 Å². The second kappa shape index (κ2) is 4.89. The average Bonchev–Trinajstić information content (AvgIpc) is 3.04. The van der Waals surface area contributed by atoms with E-state index in [0.29, 0.717) is 25.6 Å². The van der Waals surface area contributed by atoms with Gasteiger partial charge in [0.05, 0.1) is 30.5 Å². The molecule has 0 N–H and O–H groups in total. The summed E-state index contributed by atoms with van der Waals surface area (Å²) in [4.78, 5) is 21.7. The molecule has 24 heavy (non-hydrogen) atoms. The zero-order valence-electron chi connectivity index (χ0n) is 12.7. The van der Waals surface area contributed by atoms with Crippen LogP contribution in [-0.4, -0.2) is 38.6 Å². The van der Waals surface area contributed by atoms with Crippen LogP contribution in [0.15, 0.2) is 42.9 Å². The quantitative estimate of drug-likeness (QED) is 0.714. The van der Waals surface area contributed by atoms with Crippen LogP contribution in [-0.2, 0) is 11.4 Å². The Morgan fingerprint density at radius 1 is 1.12 bits per heavy atom. The molecule has 3 aromatic heterocycles. The maximum Gasteiger partial charge on any atom is 0.223 e. The van der Waals surface area contributed by atoms with E-state index >= 15 is 0 Å². The Labute approximate surface area is 137 Å². The van der Waals surface area contributed by atoms with E-state index in [-0.39, 0.29) is 5.78 Å². The minimum atomic E-state index is 0.243. The number of ether oxygens (including phenoxy) is 1. The van der Waals surface area contributed by atoms with Gasteiger partial charge in [0.15, 0.2) is 5.78 Å². The standard InChI is InChI=1S/C17H13N5O2/c23-13-8-21(9-13)15-4-3-12(6-19-15)22-7-11-10-24-17-14(16(11)20-22)2-1-5-18-17/h1-7H,8-10H2. The first-order valence-corrected chi connectivity index (χ1v) is 7.68. The van der Waals surface area contributed by atoms with Crippen molar-refractivity contribution in [2.75, 3.05) is 18.0 Å². The van der Waals surface area contributed by atoms with Crippen molar-refractivity contribution < 1.29 is 9.53 Å². The fourth-order valence-corrected chi connectivity index (χ4v) is 2.95. The number of fused-ring (bicyclic) bond motifs is 3. The molecule has 3 aromatic rings. The van der Waals surface area contributed by atoms with Crippen LogP contribution in [0, 0.1) is 0 Å². The van der Waals surface area contributed by atoms with Gasteiger partial charge in [-0.3, -0.25) is 4.79 Å². The molecule has 1 saturated heterocycles. The van der Waals surface area contributed by atoms with Crippen molar-refractivity contribution in [3.05, 3.63) is 48.4 Å². The lowest BCUT2D eigenvalue weighted by atomic mass is 10.1. The van der Waals surface area contributed by atoms with Crippen molar-refractivity contribution >= 4 is 11.6 Å². The van der Waals surface area contributed by atoms with Crippen LogP contribution in [0.2, 0.25) is 0 Å². The number of hydrogen-bond acceptors (Lipinski definition) is 6. The van der Waals surface area contributed by atoms with Crippen molar-refractivity contribution in [2.45, 2.75) is 6.61 Å². The number of rotatable bonds is 2. The molecule has 0 radical (unpaired) electrons. The molecule has 0 aliphatic carbocycles. The van der Waals surface area contributed by atoms with Gasteiger partial charge in [0.2, 0.25) is 5.88 Å². The number of carbonyl (C=O) groups excluding carboxylic acids is 1. The Hall–Kier alpha value is -3.22. The Bertz CT molecular complexity index is 940. The van der Waals surface area contributed by atoms with E-state index in [9.17, 15) is 4.79 Å². The molecule has 7 heteroatoms. The molecule has 7 nitrogen and oxygen atoms in total. The van der Waals surface area contributed by atoms with E-state index in [0.717, 1.165) is 28.3 Å². The SMILES string of the molecule is O=C1CN(c2ccc(-n3cc4c(n3)-c3cccnc3OC4)cn2)C1. The average molecular weight is 319 g/mol. The van der Waals surface area contributed by atoms with E-state index < -0.39 is 0 Å². The van der Waals surface area contributed by atoms with Crippen LogP contribution in [0.5, 0.6) is 5.88 Å². The normalized spacial score (nSPS) is 15.3. The van der Waals surface area contributed by atoms with Gasteiger partial charge >= 0.3 is 0 Å². The molecule has 0 spiro atoms. The predicted octanol–water partition coefficient (Wildman–Crippen LogP) is 1.61. The van der Waals surface area contributed by atoms with Gasteiger partial charge in [-0.15, -0.1) is 0 Å². The molecular formula is C17H13N5O2. The van der Waals surface area contributed by atoms with Crippen LogP contribution in [0.1, 0.15) is 5.56 Å². The van der Waals surface area contributed by atoms with E-state index in [4.69, 9.17) is 4.74 Å². The molecule has 0 aromatic carbocycles. The zero-order valence-corrected chi connectivity index (χ0v) is 12.7. The Morgan fingerprint density at radius 2 is 2.04 bits per heavy atom. The number of aromatic nitrogens is 4. The second-order valence-corrected chi connectivity index (χ2v) is 5.86. The summed E-state index contributed by atoms with van der Waals surface area (Å²) < 4.78 is 7.46. The number of hydrogen-bond donors (Lipinski definition) is 0. The lowest BCUT2D eigenvalue weighted by Gasteiger charge is -2.30. The highest BCUT2D eigenvalue weighted by molar-refractivity contribution is 5.94. The summed E-state index contributed by atoms with van der Waals surface area (Å²) in [6.07, 6.45) is 5.43. The number of pyridine rings is 2. The first-order chi connectivity index (χ1) is 11.8. The van der Waals surface area contributed by atoms with Crippen LogP contribution < -0.4 is 9.64 Å². The molecule has 2 aliphatic heterocycles. The van der Waals surface area contributed by atoms with Gasteiger partial charge in [0.25, 0.3) is 0 Å². The molecule has 1 fully saturated rings. The Morgan fingerprint density at radius 3 is 2.83 bits per heavy atom. The number of Topliss-reactive ketones (excluding diaryl/α,β-unsaturated/α-hetero) is 1. The maximum atomic E-state index is 11.1. The summed E-state index contributed by atoms with van der Waals surface area (Å²) in [6, 6.07) is 7.70. The topological polar surface area (TPSA) is 73.1 Å². The molecule has 0 saturated carbocycles. The van der Waals surface area contributed by atoms with Crippen molar-refractivity contribution in [3.8, 4) is 22.8 Å². The van der Waals surface area contributed by atoms with Crippen molar-refractivity contribution in [2.24, 2.45) is 0 Å². The minimum absolute atomic E-state index is 0.243. The highest BCUT2D eigenvalue weighted by atomic mass is 16.5. The first-order valence-electron chi connectivity index (χ1n) is 7.68. The van der Waals surface area contributed by atoms with Gasteiger partial charge in [0, 0.05) is 18.0 Å². The second-order valence-electron chi connectivity index (χ2n) is 5.86. The summed E-state index contributed by atoms with van der Waals surface area (Å²) in [5, 5.41) is 4.67. The van der Waals surface area contributed by atoms with Crippen molar-refractivity contribution in [3.63, 3.8) is 0 Å². The molecular weight excluding hydrogens is 306 g/mol. The van der Waals surface area contributed by atoms with Gasteiger partial charge in [-0.1, -0.05) is 0 Å². The van der Waals surface area contributed by atoms with Crippen LogP contribution in [0.4, 0.5) is 5.82 Å². The highest BCUT2D eigenvalue weighted by Crippen LogP contribution is 2.34. The molecule has 5 rings (SSSR count). The number of carbonyl (C=O) groups is 1.